The van der Waals surface area contributed by atoms with Crippen LogP contribution in [0.2, 0.25) is 0 Å². The van der Waals surface area contributed by atoms with Crippen LogP contribution >= 0.6 is 0 Å². The van der Waals surface area contributed by atoms with E-state index in [0.29, 0.717) is 17.9 Å². The number of carboxylic acids is 1. The average Bonchev–Trinajstić information content (AvgIpc) is 3.02. The lowest BCUT2D eigenvalue weighted by atomic mass is 10.0. The Morgan fingerprint density at radius 1 is 1.47 bits per heavy atom. The maximum Gasteiger partial charge on any atom is 0.324 e. The van der Waals surface area contributed by atoms with Crippen LogP contribution < -0.4 is 15.2 Å². The molecule has 2 atom stereocenters. The second-order valence-corrected chi connectivity index (χ2v) is 4.18. The minimum atomic E-state index is -1.17. The smallest absolute Gasteiger partial charge is 0.324 e. The third-order valence-electron chi connectivity index (χ3n) is 3.21. The van der Waals surface area contributed by atoms with Gasteiger partial charge >= 0.3 is 5.97 Å². The molecule has 0 aromatic heterocycles. The Balaban J connectivity index is 2.38. The van der Waals surface area contributed by atoms with Gasteiger partial charge in [0.15, 0.2) is 11.5 Å². The van der Waals surface area contributed by atoms with Crippen molar-refractivity contribution in [2.24, 2.45) is 5.73 Å². The summed E-state index contributed by atoms with van der Waals surface area (Å²) in [6.45, 7) is 0. The van der Waals surface area contributed by atoms with E-state index in [2.05, 4.69) is 0 Å². The first-order valence-corrected chi connectivity index (χ1v) is 5.27. The van der Waals surface area contributed by atoms with Gasteiger partial charge in [-0.3, -0.25) is 4.79 Å². The molecule has 0 aliphatic heterocycles. The fourth-order valence-electron chi connectivity index (χ4n) is 2.09. The van der Waals surface area contributed by atoms with Crippen LogP contribution in [0.4, 0.5) is 0 Å². The Morgan fingerprint density at radius 3 is 2.65 bits per heavy atom. The van der Waals surface area contributed by atoms with E-state index in [4.69, 9.17) is 20.3 Å². The molecular formula is C12H15NO4. The molecule has 1 aromatic carbocycles. The second kappa shape index (κ2) is 3.92. The van der Waals surface area contributed by atoms with Crippen molar-refractivity contribution in [3.63, 3.8) is 0 Å². The van der Waals surface area contributed by atoms with Gasteiger partial charge in [-0.25, -0.2) is 0 Å². The fraction of sp³-hybridized carbons (Fsp3) is 0.417. The molecule has 2 rings (SSSR count). The summed E-state index contributed by atoms with van der Waals surface area (Å²) in [7, 11) is 3.07. The molecule has 0 spiro atoms. The zero-order valence-corrected chi connectivity index (χ0v) is 9.77. The van der Waals surface area contributed by atoms with Crippen molar-refractivity contribution in [2.75, 3.05) is 14.2 Å². The van der Waals surface area contributed by atoms with E-state index >= 15 is 0 Å². The van der Waals surface area contributed by atoms with Crippen LogP contribution in [0, 0.1) is 0 Å². The molecule has 1 aliphatic carbocycles. The Morgan fingerprint density at radius 2 is 2.18 bits per heavy atom. The predicted octanol–water partition coefficient (Wildman–Crippen LogP) is 0.973. The van der Waals surface area contributed by atoms with E-state index in [1.807, 2.05) is 6.07 Å². The zero-order chi connectivity index (χ0) is 12.6. The molecule has 1 saturated carbocycles. The number of rotatable bonds is 4. The summed E-state index contributed by atoms with van der Waals surface area (Å²) >= 11 is 0. The molecule has 1 aromatic rings. The number of nitrogens with two attached hydrogens (primary N) is 1. The summed E-state index contributed by atoms with van der Waals surface area (Å²) in [4.78, 5) is 11.0. The van der Waals surface area contributed by atoms with Gasteiger partial charge in [0.05, 0.1) is 14.2 Å². The molecule has 5 heteroatoms. The second-order valence-electron chi connectivity index (χ2n) is 4.18. The summed E-state index contributed by atoms with van der Waals surface area (Å²) in [6.07, 6.45) is 0.422. The van der Waals surface area contributed by atoms with Crippen LogP contribution in [-0.4, -0.2) is 30.8 Å². The predicted molar refractivity (Wildman–Crippen MR) is 61.5 cm³/mol. The van der Waals surface area contributed by atoms with Crippen molar-refractivity contribution in [2.45, 2.75) is 17.9 Å². The van der Waals surface area contributed by atoms with Crippen molar-refractivity contribution in [1.29, 1.82) is 0 Å². The fourth-order valence-corrected chi connectivity index (χ4v) is 2.09. The first-order chi connectivity index (χ1) is 8.04. The highest BCUT2D eigenvalue weighted by atomic mass is 16.5. The summed E-state index contributed by atoms with van der Waals surface area (Å²) in [5.74, 6) is -0.0457. The first-order valence-electron chi connectivity index (χ1n) is 5.27. The minimum Gasteiger partial charge on any atom is -0.493 e. The molecule has 5 nitrogen and oxygen atoms in total. The van der Waals surface area contributed by atoms with E-state index in [0.717, 1.165) is 5.56 Å². The Kier molecular flexibility index (Phi) is 2.71. The van der Waals surface area contributed by atoms with Crippen LogP contribution in [0.25, 0.3) is 0 Å². The van der Waals surface area contributed by atoms with Gasteiger partial charge in [-0.1, -0.05) is 12.1 Å². The van der Waals surface area contributed by atoms with Gasteiger partial charge in [0.2, 0.25) is 0 Å². The summed E-state index contributed by atoms with van der Waals surface area (Å²) in [5, 5.41) is 9.04. The van der Waals surface area contributed by atoms with Crippen molar-refractivity contribution >= 4 is 5.97 Å². The molecule has 3 N–H and O–H groups in total. The van der Waals surface area contributed by atoms with Gasteiger partial charge in [-0.15, -0.1) is 0 Å². The molecule has 1 fully saturated rings. The molecular weight excluding hydrogens is 222 g/mol. The van der Waals surface area contributed by atoms with Gasteiger partial charge in [-0.2, -0.15) is 0 Å². The number of benzene rings is 1. The normalized spacial score (nSPS) is 26.4. The van der Waals surface area contributed by atoms with Crippen LogP contribution in [0.15, 0.2) is 18.2 Å². The number of carboxylic acid groups (broad SMARTS) is 1. The van der Waals surface area contributed by atoms with Crippen molar-refractivity contribution in [3.05, 3.63) is 23.8 Å². The third kappa shape index (κ3) is 1.72. The maximum absolute atomic E-state index is 11.0. The first kappa shape index (κ1) is 11.7. The monoisotopic (exact) mass is 237 g/mol. The summed E-state index contributed by atoms with van der Waals surface area (Å²) in [6, 6.07) is 5.39. The van der Waals surface area contributed by atoms with E-state index in [-0.39, 0.29) is 5.92 Å². The van der Waals surface area contributed by atoms with E-state index in [1.54, 1.807) is 19.2 Å². The highest BCUT2D eigenvalue weighted by Gasteiger charge is 2.59. The molecule has 0 bridgehead atoms. The van der Waals surface area contributed by atoms with Gasteiger partial charge in [0.25, 0.3) is 0 Å². The van der Waals surface area contributed by atoms with Gasteiger partial charge in [0.1, 0.15) is 5.54 Å². The van der Waals surface area contributed by atoms with E-state index in [9.17, 15) is 4.79 Å². The molecule has 0 unspecified atom stereocenters. The molecule has 0 amide bonds. The Labute approximate surface area is 99.1 Å². The third-order valence-corrected chi connectivity index (χ3v) is 3.21. The Hall–Kier alpha value is -1.75. The molecule has 0 saturated heterocycles. The quantitative estimate of drug-likeness (QED) is 0.815. The standard InChI is InChI=1S/C12H15NO4/c1-16-9-5-3-4-7(10(9)17-2)8-6-12(8,13)11(14)15/h3-5,8H,6,13H2,1-2H3,(H,14,15)/t8-,12+/m1/s1. The minimum absolute atomic E-state index is 0.218. The van der Waals surface area contributed by atoms with E-state index < -0.39 is 11.5 Å². The molecule has 17 heavy (non-hydrogen) atoms. The van der Waals surface area contributed by atoms with E-state index in [1.165, 1.54) is 7.11 Å². The maximum atomic E-state index is 11.0. The van der Waals surface area contributed by atoms with Crippen LogP contribution in [-0.2, 0) is 4.79 Å². The van der Waals surface area contributed by atoms with Gasteiger partial charge in [0, 0.05) is 11.5 Å². The zero-order valence-electron chi connectivity index (χ0n) is 9.77. The largest absolute Gasteiger partial charge is 0.493 e. The van der Waals surface area contributed by atoms with Crippen molar-refractivity contribution < 1.29 is 19.4 Å². The summed E-state index contributed by atoms with van der Waals surface area (Å²) < 4.78 is 10.4. The van der Waals surface area contributed by atoms with Crippen molar-refractivity contribution in [1.82, 2.24) is 0 Å². The topological polar surface area (TPSA) is 81.8 Å². The molecule has 1 aliphatic rings. The number of ether oxygens (including phenoxy) is 2. The highest BCUT2D eigenvalue weighted by molar-refractivity contribution is 5.85. The SMILES string of the molecule is COc1cccc([C@H]2C[C@@]2(N)C(=O)O)c1OC. The van der Waals surface area contributed by atoms with Crippen LogP contribution in [0.1, 0.15) is 17.9 Å². The lowest BCUT2D eigenvalue weighted by Gasteiger charge is -2.13. The molecule has 0 heterocycles. The number of aliphatic carboxylic acids is 1. The van der Waals surface area contributed by atoms with Crippen LogP contribution in [0.3, 0.4) is 0 Å². The number of methoxy groups -OCH3 is 2. The number of carbonyl (C=O) groups is 1. The Bertz CT molecular complexity index is 460. The number of hydrogen-bond acceptors (Lipinski definition) is 4. The van der Waals surface area contributed by atoms with Crippen molar-refractivity contribution in [3.8, 4) is 11.5 Å². The number of hydrogen-bond donors (Lipinski definition) is 2. The average molecular weight is 237 g/mol. The number of para-hydroxylation sites is 1. The lowest BCUT2D eigenvalue weighted by Crippen LogP contribution is -2.34. The summed E-state index contributed by atoms with van der Waals surface area (Å²) in [5.41, 5.74) is 5.41. The molecule has 0 radical (unpaired) electrons. The lowest BCUT2D eigenvalue weighted by molar-refractivity contribution is -0.139. The van der Waals surface area contributed by atoms with Gasteiger partial charge < -0.3 is 20.3 Å². The molecule has 92 valence electrons. The van der Waals surface area contributed by atoms with Crippen LogP contribution in [0.5, 0.6) is 11.5 Å². The highest BCUT2D eigenvalue weighted by Crippen LogP contribution is 2.53. The van der Waals surface area contributed by atoms with Gasteiger partial charge in [-0.05, 0) is 12.5 Å².